The SMILES string of the molecule is COc1cc(OC)cc(C(=O)OCc2cc(C(C)=O)ccc2OC)c1. The van der Waals surface area contributed by atoms with E-state index >= 15 is 0 Å². The van der Waals surface area contributed by atoms with E-state index in [0.29, 0.717) is 33.9 Å². The van der Waals surface area contributed by atoms with Gasteiger partial charge in [0.2, 0.25) is 0 Å². The van der Waals surface area contributed by atoms with Gasteiger partial charge in [-0.25, -0.2) is 4.79 Å². The first-order chi connectivity index (χ1) is 12.0. The molecule has 0 unspecified atom stereocenters. The molecule has 132 valence electrons. The van der Waals surface area contributed by atoms with Crippen molar-refractivity contribution in [1.82, 2.24) is 0 Å². The summed E-state index contributed by atoms with van der Waals surface area (Å²) in [7, 11) is 4.52. The lowest BCUT2D eigenvalue weighted by molar-refractivity contribution is 0.0469. The standard InChI is InChI=1S/C19H20O6/c1-12(20)13-5-6-18(24-4)15(7-13)11-25-19(21)14-8-16(22-2)10-17(9-14)23-3/h5-10H,11H2,1-4H3. The predicted octanol–water partition coefficient (Wildman–Crippen LogP) is 3.27. The number of esters is 1. The van der Waals surface area contributed by atoms with Gasteiger partial charge in [0.25, 0.3) is 0 Å². The third-order valence-corrected chi connectivity index (χ3v) is 3.63. The Labute approximate surface area is 146 Å². The lowest BCUT2D eigenvalue weighted by atomic mass is 10.1. The Balaban J connectivity index is 2.19. The Morgan fingerprint density at radius 1 is 0.840 bits per heavy atom. The van der Waals surface area contributed by atoms with Gasteiger partial charge in [-0.2, -0.15) is 0 Å². The highest BCUT2D eigenvalue weighted by Crippen LogP contribution is 2.25. The van der Waals surface area contributed by atoms with Crippen LogP contribution in [0.3, 0.4) is 0 Å². The summed E-state index contributed by atoms with van der Waals surface area (Å²) in [6.07, 6.45) is 0. The van der Waals surface area contributed by atoms with Gasteiger partial charge in [0.1, 0.15) is 23.9 Å². The molecule has 2 aromatic rings. The van der Waals surface area contributed by atoms with E-state index in [1.165, 1.54) is 28.3 Å². The van der Waals surface area contributed by atoms with Crippen LogP contribution in [-0.4, -0.2) is 33.1 Å². The average molecular weight is 344 g/mol. The number of Topliss-reactive ketones (excluding diaryl/α,β-unsaturated/α-hetero) is 1. The van der Waals surface area contributed by atoms with Gasteiger partial charge >= 0.3 is 5.97 Å². The summed E-state index contributed by atoms with van der Waals surface area (Å²) in [6, 6.07) is 9.78. The fourth-order valence-corrected chi connectivity index (χ4v) is 2.26. The number of ketones is 1. The fraction of sp³-hybridized carbons (Fsp3) is 0.263. The summed E-state index contributed by atoms with van der Waals surface area (Å²) in [5.74, 6) is 0.909. The van der Waals surface area contributed by atoms with E-state index in [1.54, 1.807) is 36.4 Å². The average Bonchev–Trinajstić information content (AvgIpc) is 2.65. The molecule has 0 amide bonds. The summed E-state index contributed by atoms with van der Waals surface area (Å²) in [5, 5.41) is 0. The Bertz CT molecular complexity index is 759. The monoisotopic (exact) mass is 344 g/mol. The topological polar surface area (TPSA) is 71.1 Å². The molecule has 2 rings (SSSR count). The van der Waals surface area contributed by atoms with Gasteiger partial charge in [0.05, 0.1) is 26.9 Å². The molecule has 2 aromatic carbocycles. The van der Waals surface area contributed by atoms with E-state index in [4.69, 9.17) is 18.9 Å². The van der Waals surface area contributed by atoms with Crippen LogP contribution in [0.2, 0.25) is 0 Å². The molecular weight excluding hydrogens is 324 g/mol. The number of carbonyl (C=O) groups excluding carboxylic acids is 2. The highest BCUT2D eigenvalue weighted by atomic mass is 16.5. The summed E-state index contributed by atoms with van der Waals surface area (Å²) < 4.78 is 20.9. The minimum Gasteiger partial charge on any atom is -0.497 e. The van der Waals surface area contributed by atoms with Crippen LogP contribution in [0.4, 0.5) is 0 Å². The highest BCUT2D eigenvalue weighted by Gasteiger charge is 2.14. The van der Waals surface area contributed by atoms with Crippen molar-refractivity contribution in [3.8, 4) is 17.2 Å². The van der Waals surface area contributed by atoms with Crippen LogP contribution in [-0.2, 0) is 11.3 Å². The second-order valence-electron chi connectivity index (χ2n) is 5.26. The van der Waals surface area contributed by atoms with Gasteiger partial charge in [-0.15, -0.1) is 0 Å². The van der Waals surface area contributed by atoms with Crippen LogP contribution < -0.4 is 14.2 Å². The number of ether oxygens (including phenoxy) is 4. The fourth-order valence-electron chi connectivity index (χ4n) is 2.26. The van der Waals surface area contributed by atoms with Gasteiger partial charge in [-0.05, 0) is 37.3 Å². The molecule has 0 saturated carbocycles. The Morgan fingerprint density at radius 2 is 1.48 bits per heavy atom. The Kier molecular flexibility index (Phi) is 6.00. The van der Waals surface area contributed by atoms with Crippen LogP contribution in [0.5, 0.6) is 17.2 Å². The molecule has 0 atom stereocenters. The van der Waals surface area contributed by atoms with Crippen molar-refractivity contribution in [2.24, 2.45) is 0 Å². The van der Waals surface area contributed by atoms with Crippen LogP contribution in [0.15, 0.2) is 36.4 Å². The van der Waals surface area contributed by atoms with Crippen LogP contribution >= 0.6 is 0 Å². The Morgan fingerprint density at radius 3 is 2.00 bits per heavy atom. The Hall–Kier alpha value is -3.02. The van der Waals surface area contributed by atoms with Crippen molar-refractivity contribution in [3.05, 3.63) is 53.1 Å². The first-order valence-electron chi connectivity index (χ1n) is 7.56. The zero-order chi connectivity index (χ0) is 18.4. The summed E-state index contributed by atoms with van der Waals surface area (Å²) in [6.45, 7) is 1.45. The number of rotatable bonds is 7. The summed E-state index contributed by atoms with van der Waals surface area (Å²) >= 11 is 0. The third-order valence-electron chi connectivity index (χ3n) is 3.63. The molecule has 25 heavy (non-hydrogen) atoms. The van der Waals surface area contributed by atoms with Crippen LogP contribution in [0, 0.1) is 0 Å². The smallest absolute Gasteiger partial charge is 0.338 e. The molecule has 0 fully saturated rings. The van der Waals surface area contributed by atoms with E-state index in [1.807, 2.05) is 0 Å². The van der Waals surface area contributed by atoms with Crippen molar-refractivity contribution >= 4 is 11.8 Å². The van der Waals surface area contributed by atoms with Crippen LogP contribution in [0.25, 0.3) is 0 Å². The van der Waals surface area contributed by atoms with Crippen molar-refractivity contribution in [2.75, 3.05) is 21.3 Å². The molecule has 6 heteroatoms. The molecule has 0 radical (unpaired) electrons. The maximum Gasteiger partial charge on any atom is 0.338 e. The zero-order valence-electron chi connectivity index (χ0n) is 14.6. The van der Waals surface area contributed by atoms with Crippen molar-refractivity contribution in [3.63, 3.8) is 0 Å². The van der Waals surface area contributed by atoms with Gasteiger partial charge in [-0.3, -0.25) is 4.79 Å². The second-order valence-corrected chi connectivity index (χ2v) is 5.26. The van der Waals surface area contributed by atoms with E-state index < -0.39 is 5.97 Å². The van der Waals surface area contributed by atoms with Crippen LogP contribution in [0.1, 0.15) is 33.2 Å². The molecule has 0 aromatic heterocycles. The summed E-state index contributed by atoms with van der Waals surface area (Å²) in [4.78, 5) is 23.9. The molecule has 0 heterocycles. The van der Waals surface area contributed by atoms with Gasteiger partial charge in [-0.1, -0.05) is 0 Å². The third kappa shape index (κ3) is 4.50. The number of methoxy groups -OCH3 is 3. The number of benzene rings is 2. The molecule has 6 nitrogen and oxygen atoms in total. The number of carbonyl (C=O) groups is 2. The molecule has 0 aliphatic carbocycles. The summed E-state index contributed by atoms with van der Waals surface area (Å²) in [5.41, 5.74) is 1.44. The minimum absolute atomic E-state index is 0.0251. The van der Waals surface area contributed by atoms with Crippen molar-refractivity contribution in [1.29, 1.82) is 0 Å². The minimum atomic E-state index is -0.535. The zero-order valence-corrected chi connectivity index (χ0v) is 14.6. The number of hydrogen-bond acceptors (Lipinski definition) is 6. The predicted molar refractivity (Wildman–Crippen MR) is 91.7 cm³/mol. The van der Waals surface area contributed by atoms with Gasteiger partial charge in [0, 0.05) is 17.2 Å². The number of hydrogen-bond donors (Lipinski definition) is 0. The molecule has 0 N–H and O–H groups in total. The van der Waals surface area contributed by atoms with Crippen molar-refractivity contribution < 1.29 is 28.5 Å². The lowest BCUT2D eigenvalue weighted by Gasteiger charge is -2.12. The second kappa shape index (κ2) is 8.19. The molecule has 0 bridgehead atoms. The van der Waals surface area contributed by atoms with E-state index in [-0.39, 0.29) is 12.4 Å². The first kappa shape index (κ1) is 18.3. The maximum absolute atomic E-state index is 12.3. The van der Waals surface area contributed by atoms with E-state index in [0.717, 1.165) is 0 Å². The molecule has 0 aliphatic rings. The van der Waals surface area contributed by atoms with Crippen molar-refractivity contribution in [2.45, 2.75) is 13.5 Å². The molecule has 0 saturated heterocycles. The highest BCUT2D eigenvalue weighted by molar-refractivity contribution is 5.94. The molecule has 0 spiro atoms. The normalized spacial score (nSPS) is 10.1. The van der Waals surface area contributed by atoms with Gasteiger partial charge in [0.15, 0.2) is 5.78 Å². The first-order valence-corrected chi connectivity index (χ1v) is 7.56. The molecule has 0 aliphatic heterocycles. The molecular formula is C19H20O6. The maximum atomic E-state index is 12.3. The van der Waals surface area contributed by atoms with E-state index in [2.05, 4.69) is 0 Å². The quantitative estimate of drug-likeness (QED) is 0.567. The largest absolute Gasteiger partial charge is 0.497 e. The van der Waals surface area contributed by atoms with Gasteiger partial charge < -0.3 is 18.9 Å². The van der Waals surface area contributed by atoms with E-state index in [9.17, 15) is 9.59 Å². The lowest BCUT2D eigenvalue weighted by Crippen LogP contribution is -2.07.